The molecule has 0 heterocycles. The third-order valence-electron chi connectivity index (χ3n) is 2.24. The minimum Gasteiger partial charge on any atom is -0.313 e. The van der Waals surface area contributed by atoms with Crippen LogP contribution >= 0.6 is 11.8 Å². The summed E-state index contributed by atoms with van der Waals surface area (Å²) < 4.78 is 0. The molecule has 0 rings (SSSR count). The van der Waals surface area contributed by atoms with Crippen molar-refractivity contribution < 1.29 is 0 Å². The Morgan fingerprint density at radius 1 is 1.33 bits per heavy atom. The van der Waals surface area contributed by atoms with Gasteiger partial charge in [-0.3, -0.25) is 0 Å². The summed E-state index contributed by atoms with van der Waals surface area (Å²) in [5.41, 5.74) is 0. The topological polar surface area (TPSA) is 12.0 Å². The molecule has 2 heteroatoms. The summed E-state index contributed by atoms with van der Waals surface area (Å²) in [4.78, 5) is 0. The van der Waals surface area contributed by atoms with Crippen molar-refractivity contribution in [2.24, 2.45) is 5.92 Å². The number of rotatable bonds is 7. The third-order valence-corrected chi connectivity index (χ3v) is 2.94. The predicted molar refractivity (Wildman–Crippen MR) is 59.9 cm³/mol. The average Bonchev–Trinajstić information content (AvgIpc) is 2.04. The second-order valence-electron chi connectivity index (χ2n) is 3.39. The lowest BCUT2D eigenvalue weighted by molar-refractivity contribution is 0.388. The Labute approximate surface area is 81.7 Å². The molecule has 0 bridgehead atoms. The fourth-order valence-electron chi connectivity index (χ4n) is 1.52. The van der Waals surface area contributed by atoms with Gasteiger partial charge in [0.1, 0.15) is 0 Å². The second kappa shape index (κ2) is 7.93. The van der Waals surface area contributed by atoms with E-state index >= 15 is 0 Å². The predicted octanol–water partition coefficient (Wildman–Crippen LogP) is 2.76. The Bertz CT molecular complexity index is 89.8. The molecule has 0 aliphatic carbocycles. The van der Waals surface area contributed by atoms with Crippen LogP contribution in [0.15, 0.2) is 0 Å². The molecule has 1 N–H and O–H groups in total. The molecule has 1 nitrogen and oxygen atoms in total. The number of thioether (sulfide) groups is 1. The lowest BCUT2D eigenvalue weighted by Gasteiger charge is -2.23. The first-order chi connectivity index (χ1) is 5.76. The van der Waals surface area contributed by atoms with Crippen molar-refractivity contribution in [2.45, 2.75) is 39.7 Å². The van der Waals surface area contributed by atoms with E-state index in [-0.39, 0.29) is 0 Å². The van der Waals surface area contributed by atoms with Crippen molar-refractivity contribution in [1.82, 2.24) is 5.32 Å². The zero-order valence-electron chi connectivity index (χ0n) is 8.89. The molecular weight excluding hydrogens is 166 g/mol. The highest BCUT2D eigenvalue weighted by molar-refractivity contribution is 7.98. The van der Waals surface area contributed by atoms with Crippen LogP contribution in [-0.2, 0) is 0 Å². The Kier molecular flexibility index (Phi) is 8.14. The summed E-state index contributed by atoms with van der Waals surface area (Å²) in [5.74, 6) is 2.07. The minimum atomic E-state index is 0.713. The molecule has 2 atom stereocenters. The molecule has 0 aromatic heterocycles. The van der Waals surface area contributed by atoms with Gasteiger partial charge in [0.25, 0.3) is 0 Å². The maximum absolute atomic E-state index is 3.55. The molecule has 2 unspecified atom stereocenters. The summed E-state index contributed by atoms with van der Waals surface area (Å²) in [6.45, 7) is 7.90. The molecule has 0 spiro atoms. The smallest absolute Gasteiger partial charge is 0.0183 e. The Balaban J connectivity index is 3.72. The van der Waals surface area contributed by atoms with Crippen LogP contribution in [0.25, 0.3) is 0 Å². The van der Waals surface area contributed by atoms with E-state index in [9.17, 15) is 0 Å². The molecule has 0 amide bonds. The molecule has 0 aromatic carbocycles. The number of hydrogen-bond donors (Lipinski definition) is 1. The molecule has 0 aliphatic rings. The van der Waals surface area contributed by atoms with Gasteiger partial charge in [-0.05, 0) is 25.1 Å². The quantitative estimate of drug-likeness (QED) is 0.661. The Morgan fingerprint density at radius 2 is 2.00 bits per heavy atom. The first-order valence-corrected chi connectivity index (χ1v) is 6.37. The molecule has 0 aromatic rings. The van der Waals surface area contributed by atoms with E-state index in [1.807, 2.05) is 11.8 Å². The highest BCUT2D eigenvalue weighted by atomic mass is 32.2. The van der Waals surface area contributed by atoms with Crippen LogP contribution in [0.1, 0.15) is 33.6 Å². The lowest BCUT2D eigenvalue weighted by Crippen LogP contribution is -2.36. The molecule has 0 saturated heterocycles. The van der Waals surface area contributed by atoms with E-state index in [1.165, 1.54) is 18.6 Å². The zero-order valence-corrected chi connectivity index (χ0v) is 9.71. The van der Waals surface area contributed by atoms with Gasteiger partial charge >= 0.3 is 0 Å². The SMILES string of the molecule is CCCC(C)C(CSC)NCC. The Morgan fingerprint density at radius 3 is 2.42 bits per heavy atom. The van der Waals surface area contributed by atoms with Gasteiger partial charge in [0, 0.05) is 11.8 Å². The van der Waals surface area contributed by atoms with Gasteiger partial charge in [-0.1, -0.05) is 27.2 Å². The first kappa shape index (κ1) is 12.3. The van der Waals surface area contributed by atoms with Crippen LogP contribution in [0.2, 0.25) is 0 Å². The minimum absolute atomic E-state index is 0.713. The van der Waals surface area contributed by atoms with Gasteiger partial charge in [-0.15, -0.1) is 0 Å². The Hall–Kier alpha value is 0.310. The number of hydrogen-bond acceptors (Lipinski definition) is 2. The van der Waals surface area contributed by atoms with Crippen LogP contribution in [-0.4, -0.2) is 24.6 Å². The highest BCUT2D eigenvalue weighted by Crippen LogP contribution is 2.13. The van der Waals surface area contributed by atoms with E-state index < -0.39 is 0 Å². The summed E-state index contributed by atoms with van der Waals surface area (Å²) in [6.07, 6.45) is 4.83. The molecule has 0 aliphatic heterocycles. The standard InChI is InChI=1S/C10H23NS/c1-5-7-9(3)10(8-12-4)11-6-2/h9-11H,5-8H2,1-4H3. The molecule has 0 radical (unpaired) electrons. The fourth-order valence-corrected chi connectivity index (χ4v) is 2.33. The molecule has 74 valence electrons. The normalized spacial score (nSPS) is 16.0. The molecule has 0 saturated carbocycles. The monoisotopic (exact) mass is 189 g/mol. The lowest BCUT2D eigenvalue weighted by atomic mass is 9.98. The van der Waals surface area contributed by atoms with Gasteiger partial charge in [-0.2, -0.15) is 11.8 Å². The van der Waals surface area contributed by atoms with E-state index in [0.717, 1.165) is 12.5 Å². The van der Waals surface area contributed by atoms with Crippen molar-refractivity contribution in [3.05, 3.63) is 0 Å². The largest absolute Gasteiger partial charge is 0.313 e. The van der Waals surface area contributed by atoms with E-state index in [1.54, 1.807) is 0 Å². The fraction of sp³-hybridized carbons (Fsp3) is 1.00. The zero-order chi connectivity index (χ0) is 9.40. The van der Waals surface area contributed by atoms with Gasteiger partial charge < -0.3 is 5.32 Å². The third kappa shape index (κ3) is 5.04. The van der Waals surface area contributed by atoms with Crippen molar-refractivity contribution >= 4 is 11.8 Å². The van der Waals surface area contributed by atoms with Crippen molar-refractivity contribution in [3.8, 4) is 0 Å². The highest BCUT2D eigenvalue weighted by Gasteiger charge is 2.13. The van der Waals surface area contributed by atoms with Crippen molar-refractivity contribution in [1.29, 1.82) is 0 Å². The van der Waals surface area contributed by atoms with E-state index in [4.69, 9.17) is 0 Å². The van der Waals surface area contributed by atoms with Gasteiger partial charge in [-0.25, -0.2) is 0 Å². The van der Waals surface area contributed by atoms with Gasteiger partial charge in [0.2, 0.25) is 0 Å². The summed E-state index contributed by atoms with van der Waals surface area (Å²) in [7, 11) is 0. The number of nitrogens with one attached hydrogen (secondary N) is 1. The van der Waals surface area contributed by atoms with Crippen LogP contribution in [0.4, 0.5) is 0 Å². The first-order valence-electron chi connectivity index (χ1n) is 4.98. The molecule has 0 fully saturated rings. The van der Waals surface area contributed by atoms with Crippen LogP contribution in [0.5, 0.6) is 0 Å². The van der Waals surface area contributed by atoms with E-state index in [2.05, 4.69) is 32.3 Å². The van der Waals surface area contributed by atoms with Crippen LogP contribution < -0.4 is 5.32 Å². The van der Waals surface area contributed by atoms with Crippen LogP contribution in [0, 0.1) is 5.92 Å². The molecular formula is C10H23NS. The van der Waals surface area contributed by atoms with Gasteiger partial charge in [0.05, 0.1) is 0 Å². The van der Waals surface area contributed by atoms with Crippen LogP contribution in [0.3, 0.4) is 0 Å². The second-order valence-corrected chi connectivity index (χ2v) is 4.30. The molecule has 12 heavy (non-hydrogen) atoms. The summed E-state index contributed by atoms with van der Waals surface area (Å²) in [5, 5.41) is 3.55. The van der Waals surface area contributed by atoms with Crippen molar-refractivity contribution in [2.75, 3.05) is 18.6 Å². The van der Waals surface area contributed by atoms with Gasteiger partial charge in [0.15, 0.2) is 0 Å². The maximum Gasteiger partial charge on any atom is 0.0183 e. The van der Waals surface area contributed by atoms with E-state index in [0.29, 0.717) is 6.04 Å². The maximum atomic E-state index is 3.55. The average molecular weight is 189 g/mol. The summed E-state index contributed by atoms with van der Waals surface area (Å²) in [6, 6.07) is 0.713. The summed E-state index contributed by atoms with van der Waals surface area (Å²) >= 11 is 1.94. The van der Waals surface area contributed by atoms with Crippen molar-refractivity contribution in [3.63, 3.8) is 0 Å².